The van der Waals surface area contributed by atoms with Gasteiger partial charge in [-0.1, -0.05) is 12.1 Å². The van der Waals surface area contributed by atoms with E-state index < -0.39 is 11.7 Å². The monoisotopic (exact) mass is 320 g/mol. The zero-order valence-electron chi connectivity index (χ0n) is 14.0. The maximum atomic E-state index is 12.0. The molecule has 1 saturated heterocycles. The molecule has 1 aliphatic heterocycles. The summed E-state index contributed by atoms with van der Waals surface area (Å²) in [7, 11) is 1.61. The first-order valence-corrected chi connectivity index (χ1v) is 7.68. The van der Waals surface area contributed by atoms with Crippen LogP contribution in [-0.2, 0) is 9.53 Å². The fourth-order valence-corrected chi connectivity index (χ4v) is 2.59. The molecule has 2 atom stereocenters. The normalized spacial score (nSPS) is 21.3. The summed E-state index contributed by atoms with van der Waals surface area (Å²) in [5.74, 6) is 0.687. The second-order valence-corrected chi connectivity index (χ2v) is 6.64. The molecule has 6 heteroatoms. The fourth-order valence-electron chi connectivity index (χ4n) is 2.59. The maximum absolute atomic E-state index is 12.0. The number of nitrogens with one attached hydrogen (secondary N) is 2. The molecule has 1 heterocycles. The number of rotatable bonds is 3. The predicted molar refractivity (Wildman–Crippen MR) is 86.5 cm³/mol. The van der Waals surface area contributed by atoms with Crippen LogP contribution in [0.3, 0.4) is 0 Å². The fraction of sp³-hybridized carbons (Fsp3) is 0.529. The Hall–Kier alpha value is -2.24. The molecule has 1 fully saturated rings. The van der Waals surface area contributed by atoms with Crippen molar-refractivity contribution in [2.24, 2.45) is 0 Å². The lowest BCUT2D eigenvalue weighted by atomic mass is 9.86. The predicted octanol–water partition coefficient (Wildman–Crippen LogP) is 2.19. The van der Waals surface area contributed by atoms with Crippen molar-refractivity contribution in [1.29, 1.82) is 0 Å². The Kier molecular flexibility index (Phi) is 5.13. The van der Waals surface area contributed by atoms with Crippen molar-refractivity contribution >= 4 is 12.0 Å². The summed E-state index contributed by atoms with van der Waals surface area (Å²) in [6, 6.07) is 7.34. The van der Waals surface area contributed by atoms with Gasteiger partial charge in [0.1, 0.15) is 11.4 Å². The minimum atomic E-state index is -0.573. The van der Waals surface area contributed by atoms with Crippen LogP contribution in [0.5, 0.6) is 5.75 Å². The number of carbonyl (C=O) groups excluding carboxylic acids is 2. The van der Waals surface area contributed by atoms with E-state index >= 15 is 0 Å². The third-order valence-electron chi connectivity index (χ3n) is 3.66. The smallest absolute Gasteiger partial charge is 0.407 e. The lowest BCUT2D eigenvalue weighted by Crippen LogP contribution is -2.51. The molecule has 23 heavy (non-hydrogen) atoms. The third-order valence-corrected chi connectivity index (χ3v) is 3.66. The van der Waals surface area contributed by atoms with E-state index in [0.29, 0.717) is 6.54 Å². The summed E-state index contributed by atoms with van der Waals surface area (Å²) in [5, 5.41) is 5.68. The first kappa shape index (κ1) is 17.1. The van der Waals surface area contributed by atoms with Crippen molar-refractivity contribution in [2.45, 2.75) is 44.8 Å². The number of hydrogen-bond donors (Lipinski definition) is 2. The highest BCUT2D eigenvalue weighted by Gasteiger charge is 2.32. The first-order chi connectivity index (χ1) is 10.8. The largest absolute Gasteiger partial charge is 0.497 e. The van der Waals surface area contributed by atoms with Crippen molar-refractivity contribution in [1.82, 2.24) is 10.6 Å². The Morgan fingerprint density at radius 1 is 1.26 bits per heavy atom. The van der Waals surface area contributed by atoms with Gasteiger partial charge in [-0.05, 0) is 38.5 Å². The molecule has 0 spiro atoms. The van der Waals surface area contributed by atoms with Crippen molar-refractivity contribution in [2.75, 3.05) is 13.7 Å². The van der Waals surface area contributed by atoms with Gasteiger partial charge in [0.15, 0.2) is 0 Å². The molecule has 1 aromatic rings. The molecular formula is C17H24N2O4. The number of benzene rings is 1. The number of amides is 2. The van der Waals surface area contributed by atoms with Crippen molar-refractivity contribution < 1.29 is 19.1 Å². The van der Waals surface area contributed by atoms with Crippen LogP contribution in [0.4, 0.5) is 4.79 Å². The van der Waals surface area contributed by atoms with Gasteiger partial charge in [0.2, 0.25) is 5.91 Å². The lowest BCUT2D eigenvalue weighted by Gasteiger charge is -2.33. The van der Waals surface area contributed by atoms with E-state index in [-0.39, 0.29) is 24.3 Å². The molecule has 126 valence electrons. The molecule has 2 amide bonds. The van der Waals surface area contributed by atoms with Gasteiger partial charge in [-0.25, -0.2) is 4.79 Å². The van der Waals surface area contributed by atoms with Crippen molar-refractivity contribution in [3.8, 4) is 5.75 Å². The number of ether oxygens (including phenoxy) is 2. The van der Waals surface area contributed by atoms with E-state index in [4.69, 9.17) is 9.47 Å². The van der Waals surface area contributed by atoms with Crippen molar-refractivity contribution in [3.63, 3.8) is 0 Å². The Balaban J connectivity index is 2.12. The summed E-state index contributed by atoms with van der Waals surface area (Å²) < 4.78 is 10.5. The number of hydrogen-bond acceptors (Lipinski definition) is 4. The summed E-state index contributed by atoms with van der Waals surface area (Å²) in [6.07, 6.45) is -0.272. The van der Waals surface area contributed by atoms with Crippen LogP contribution < -0.4 is 15.4 Å². The van der Waals surface area contributed by atoms with E-state index in [2.05, 4.69) is 10.6 Å². The van der Waals surface area contributed by atoms with Crippen LogP contribution in [-0.4, -0.2) is 37.3 Å². The SMILES string of the molecule is COc1ccc(C2CNC(=O)C[C@@H]2NC(=O)OC(C)(C)C)cc1. The Labute approximate surface area is 136 Å². The van der Waals surface area contributed by atoms with Crippen LogP contribution in [0.15, 0.2) is 24.3 Å². The summed E-state index contributed by atoms with van der Waals surface area (Å²) in [4.78, 5) is 23.7. The summed E-state index contributed by atoms with van der Waals surface area (Å²) in [6.45, 7) is 5.90. The van der Waals surface area contributed by atoms with Crippen LogP contribution >= 0.6 is 0 Å². The number of alkyl carbamates (subject to hydrolysis) is 1. The van der Waals surface area contributed by atoms with Gasteiger partial charge in [0.25, 0.3) is 0 Å². The molecule has 6 nitrogen and oxygen atoms in total. The standard InChI is InChI=1S/C17H24N2O4/c1-17(2,3)23-16(21)19-14-9-15(20)18-10-13(14)11-5-7-12(22-4)8-6-11/h5-8,13-14H,9-10H2,1-4H3,(H,18,20)(H,19,21)/t13?,14-/m0/s1. The zero-order valence-corrected chi connectivity index (χ0v) is 14.0. The summed E-state index contributed by atoms with van der Waals surface area (Å²) >= 11 is 0. The van der Waals surface area contributed by atoms with Crippen LogP contribution in [0.1, 0.15) is 38.7 Å². The molecule has 2 N–H and O–H groups in total. The van der Waals surface area contributed by atoms with Gasteiger partial charge in [0, 0.05) is 24.9 Å². The second kappa shape index (κ2) is 6.89. The number of piperidine rings is 1. The Bertz CT molecular complexity index is 563. The molecular weight excluding hydrogens is 296 g/mol. The van der Waals surface area contributed by atoms with Crippen LogP contribution in [0, 0.1) is 0 Å². The number of carbonyl (C=O) groups is 2. The van der Waals surface area contributed by atoms with Crippen LogP contribution in [0.2, 0.25) is 0 Å². The summed E-state index contributed by atoms with van der Waals surface area (Å²) in [5.41, 5.74) is 0.461. The minimum absolute atomic E-state index is 0.00822. The average Bonchev–Trinajstić information content (AvgIpc) is 2.45. The van der Waals surface area contributed by atoms with E-state index in [1.807, 2.05) is 24.3 Å². The van der Waals surface area contributed by atoms with Gasteiger partial charge < -0.3 is 20.1 Å². The highest BCUT2D eigenvalue weighted by Crippen LogP contribution is 2.26. The highest BCUT2D eigenvalue weighted by atomic mass is 16.6. The molecule has 2 rings (SSSR count). The first-order valence-electron chi connectivity index (χ1n) is 7.68. The number of methoxy groups -OCH3 is 1. The molecule has 0 aromatic heterocycles. The molecule has 0 bridgehead atoms. The van der Waals surface area contributed by atoms with Gasteiger partial charge >= 0.3 is 6.09 Å². The molecule has 0 saturated carbocycles. The molecule has 1 aromatic carbocycles. The second-order valence-electron chi connectivity index (χ2n) is 6.64. The van der Waals surface area contributed by atoms with Gasteiger partial charge in [-0.3, -0.25) is 4.79 Å². The highest BCUT2D eigenvalue weighted by molar-refractivity contribution is 5.79. The van der Waals surface area contributed by atoms with Crippen molar-refractivity contribution in [3.05, 3.63) is 29.8 Å². The van der Waals surface area contributed by atoms with E-state index in [0.717, 1.165) is 11.3 Å². The van der Waals surface area contributed by atoms with Crippen LogP contribution in [0.25, 0.3) is 0 Å². The topological polar surface area (TPSA) is 76.7 Å². The Morgan fingerprint density at radius 3 is 2.48 bits per heavy atom. The average molecular weight is 320 g/mol. The molecule has 1 aliphatic rings. The zero-order chi connectivity index (χ0) is 17.0. The maximum Gasteiger partial charge on any atom is 0.407 e. The van der Waals surface area contributed by atoms with Gasteiger partial charge in [0.05, 0.1) is 7.11 Å². The van der Waals surface area contributed by atoms with E-state index in [1.54, 1.807) is 27.9 Å². The minimum Gasteiger partial charge on any atom is -0.497 e. The quantitative estimate of drug-likeness (QED) is 0.895. The third kappa shape index (κ3) is 4.87. The van der Waals surface area contributed by atoms with E-state index in [9.17, 15) is 9.59 Å². The molecule has 0 radical (unpaired) electrons. The van der Waals surface area contributed by atoms with Gasteiger partial charge in [-0.15, -0.1) is 0 Å². The molecule has 0 aliphatic carbocycles. The molecule has 1 unspecified atom stereocenters. The Morgan fingerprint density at radius 2 is 1.91 bits per heavy atom. The lowest BCUT2D eigenvalue weighted by molar-refractivity contribution is -0.123. The van der Waals surface area contributed by atoms with E-state index in [1.165, 1.54) is 0 Å². The van der Waals surface area contributed by atoms with Gasteiger partial charge in [-0.2, -0.15) is 0 Å².